The van der Waals surface area contributed by atoms with E-state index in [1.165, 1.54) is 6.07 Å². The number of aromatic nitrogens is 2. The maximum atomic E-state index is 12.5. The van der Waals surface area contributed by atoms with Crippen LogP contribution in [0.25, 0.3) is 0 Å². The number of rotatable bonds is 4. The summed E-state index contributed by atoms with van der Waals surface area (Å²) in [6.45, 7) is 1.98. The van der Waals surface area contributed by atoms with E-state index in [0.29, 0.717) is 15.9 Å². The zero-order chi connectivity index (χ0) is 14.9. The van der Waals surface area contributed by atoms with Crippen LogP contribution in [0.2, 0.25) is 0 Å². The van der Waals surface area contributed by atoms with Crippen molar-refractivity contribution in [3.63, 3.8) is 0 Å². The molecule has 0 atom stereocenters. The molecule has 0 radical (unpaired) electrons. The van der Waals surface area contributed by atoms with E-state index in [1.54, 1.807) is 23.9 Å². The van der Waals surface area contributed by atoms with Crippen LogP contribution in [-0.4, -0.2) is 18.2 Å². The van der Waals surface area contributed by atoms with Crippen LogP contribution in [0.1, 0.15) is 18.3 Å². The maximum Gasteiger partial charge on any atom is 0.185 e. The Kier molecular flexibility index (Phi) is 4.19. The van der Waals surface area contributed by atoms with Gasteiger partial charge in [-0.2, -0.15) is 5.10 Å². The van der Waals surface area contributed by atoms with Crippen LogP contribution >= 0.6 is 15.9 Å². The van der Waals surface area contributed by atoms with E-state index < -0.39 is 9.84 Å². The molecule has 5 nitrogen and oxygen atoms in total. The highest BCUT2D eigenvalue weighted by molar-refractivity contribution is 9.10. The summed E-state index contributed by atoms with van der Waals surface area (Å²) < 4.78 is 27.0. The molecule has 0 unspecified atom stereocenters. The van der Waals surface area contributed by atoms with Gasteiger partial charge in [0.25, 0.3) is 0 Å². The van der Waals surface area contributed by atoms with Crippen LogP contribution in [0.5, 0.6) is 0 Å². The van der Waals surface area contributed by atoms with Crippen LogP contribution in [0.15, 0.2) is 33.6 Å². The molecule has 2 aromatic rings. The minimum absolute atomic E-state index is 0.0843. The Hall–Kier alpha value is -1.34. The SMILES string of the molecule is CCc1cc(CS(=O)(=O)c2ccc(N)cc2Br)n(C)n1. The van der Waals surface area contributed by atoms with Gasteiger partial charge in [-0.1, -0.05) is 6.92 Å². The van der Waals surface area contributed by atoms with Gasteiger partial charge in [0.2, 0.25) is 0 Å². The summed E-state index contributed by atoms with van der Waals surface area (Å²) in [4.78, 5) is 0.242. The summed E-state index contributed by atoms with van der Waals surface area (Å²) in [5.41, 5.74) is 7.70. The third-order valence-electron chi connectivity index (χ3n) is 3.02. The molecule has 0 aliphatic carbocycles. The normalized spacial score (nSPS) is 11.8. The van der Waals surface area contributed by atoms with Gasteiger partial charge in [-0.15, -0.1) is 0 Å². The molecule has 7 heteroatoms. The van der Waals surface area contributed by atoms with E-state index in [4.69, 9.17) is 5.73 Å². The number of nitrogen functional groups attached to an aromatic ring is 1. The summed E-state index contributed by atoms with van der Waals surface area (Å²) in [5, 5.41) is 4.26. The van der Waals surface area contributed by atoms with Crippen LogP contribution in [-0.2, 0) is 29.1 Å². The molecule has 0 aliphatic rings. The van der Waals surface area contributed by atoms with Crippen LogP contribution in [0, 0.1) is 0 Å². The number of nitrogens with two attached hydrogens (primary N) is 1. The van der Waals surface area contributed by atoms with Crippen molar-refractivity contribution in [1.82, 2.24) is 9.78 Å². The molecule has 1 aromatic heterocycles. The third kappa shape index (κ3) is 3.04. The number of nitrogens with zero attached hydrogens (tertiary/aromatic N) is 2. The van der Waals surface area contributed by atoms with Gasteiger partial charge in [0.15, 0.2) is 9.84 Å². The zero-order valence-corrected chi connectivity index (χ0v) is 13.7. The molecule has 2 N–H and O–H groups in total. The summed E-state index contributed by atoms with van der Waals surface area (Å²) >= 11 is 3.25. The van der Waals surface area contributed by atoms with Crippen molar-refractivity contribution in [3.05, 3.63) is 40.1 Å². The Bertz CT molecular complexity index is 738. The first-order valence-corrected chi connectivity index (χ1v) is 8.57. The molecular weight excluding hydrogens is 342 g/mol. The molecule has 1 aromatic carbocycles. The van der Waals surface area contributed by atoms with E-state index in [9.17, 15) is 8.42 Å². The van der Waals surface area contributed by atoms with Crippen molar-refractivity contribution in [2.75, 3.05) is 5.73 Å². The number of benzene rings is 1. The van der Waals surface area contributed by atoms with Crippen LogP contribution < -0.4 is 5.73 Å². The highest BCUT2D eigenvalue weighted by Gasteiger charge is 2.20. The third-order valence-corrected chi connectivity index (χ3v) is 5.64. The Labute approximate surface area is 126 Å². The van der Waals surface area contributed by atoms with Crippen molar-refractivity contribution in [2.45, 2.75) is 24.0 Å². The van der Waals surface area contributed by atoms with Gasteiger partial charge in [-0.3, -0.25) is 4.68 Å². The summed E-state index contributed by atoms with van der Waals surface area (Å²) in [6, 6.07) is 6.51. The van der Waals surface area contributed by atoms with Gasteiger partial charge in [0.1, 0.15) is 0 Å². The predicted molar refractivity (Wildman–Crippen MR) is 82.0 cm³/mol. The summed E-state index contributed by atoms with van der Waals surface area (Å²) in [5.74, 6) is -0.0843. The molecule has 0 bridgehead atoms. The number of hydrogen-bond acceptors (Lipinski definition) is 4. The molecular formula is C13H16BrN3O2S. The molecule has 0 amide bonds. The Balaban J connectivity index is 2.38. The lowest BCUT2D eigenvalue weighted by Crippen LogP contribution is -2.09. The predicted octanol–water partition coefficient (Wildman–Crippen LogP) is 2.30. The number of halogens is 1. The average molecular weight is 358 g/mol. The van der Waals surface area contributed by atoms with Gasteiger partial charge in [-0.05, 0) is 46.6 Å². The van der Waals surface area contributed by atoms with Gasteiger partial charge >= 0.3 is 0 Å². The molecule has 0 aliphatic heterocycles. The van der Waals surface area contributed by atoms with Crippen molar-refractivity contribution in [3.8, 4) is 0 Å². The highest BCUT2D eigenvalue weighted by atomic mass is 79.9. The fourth-order valence-corrected chi connectivity index (χ4v) is 4.50. The first kappa shape index (κ1) is 15.1. The van der Waals surface area contributed by atoms with E-state index in [2.05, 4.69) is 21.0 Å². The monoisotopic (exact) mass is 357 g/mol. The van der Waals surface area contributed by atoms with Gasteiger partial charge in [0.05, 0.1) is 22.0 Å². The first-order valence-electron chi connectivity index (χ1n) is 6.13. The zero-order valence-electron chi connectivity index (χ0n) is 11.3. The molecule has 1 heterocycles. The minimum Gasteiger partial charge on any atom is -0.399 e. The largest absolute Gasteiger partial charge is 0.399 e. The molecule has 20 heavy (non-hydrogen) atoms. The second kappa shape index (κ2) is 5.57. The van der Waals surface area contributed by atoms with Crippen molar-refractivity contribution in [2.24, 2.45) is 7.05 Å². The number of anilines is 1. The van der Waals surface area contributed by atoms with Crippen LogP contribution in [0.4, 0.5) is 5.69 Å². The Morgan fingerprint density at radius 2 is 2.05 bits per heavy atom. The maximum absolute atomic E-state index is 12.5. The fraction of sp³-hybridized carbons (Fsp3) is 0.308. The average Bonchev–Trinajstić information content (AvgIpc) is 2.69. The van der Waals surface area contributed by atoms with E-state index >= 15 is 0 Å². The second-order valence-corrected chi connectivity index (χ2v) is 7.37. The summed E-state index contributed by atoms with van der Waals surface area (Å²) in [6.07, 6.45) is 0.777. The minimum atomic E-state index is -3.44. The van der Waals surface area contributed by atoms with Crippen molar-refractivity contribution < 1.29 is 8.42 Å². The fourth-order valence-electron chi connectivity index (χ4n) is 1.92. The molecule has 0 saturated heterocycles. The standard InChI is InChI=1S/C13H16BrN3O2S/c1-3-10-7-11(17(2)16-10)8-20(18,19)13-5-4-9(15)6-12(13)14/h4-7H,3,8,15H2,1-2H3. The number of aryl methyl sites for hydroxylation is 2. The van der Waals surface area contributed by atoms with Gasteiger partial charge < -0.3 is 5.73 Å². The van der Waals surface area contributed by atoms with Crippen molar-refractivity contribution in [1.29, 1.82) is 0 Å². The van der Waals surface area contributed by atoms with Gasteiger partial charge in [-0.25, -0.2) is 8.42 Å². The lowest BCUT2D eigenvalue weighted by molar-refractivity contribution is 0.591. The Morgan fingerprint density at radius 1 is 1.35 bits per heavy atom. The lowest BCUT2D eigenvalue weighted by atomic mass is 10.3. The number of sulfone groups is 1. The van der Waals surface area contributed by atoms with Crippen LogP contribution in [0.3, 0.4) is 0 Å². The van der Waals surface area contributed by atoms with Crippen molar-refractivity contribution >= 4 is 31.5 Å². The topological polar surface area (TPSA) is 78.0 Å². The smallest absolute Gasteiger partial charge is 0.185 e. The highest BCUT2D eigenvalue weighted by Crippen LogP contribution is 2.27. The molecule has 0 fully saturated rings. The Morgan fingerprint density at radius 3 is 2.60 bits per heavy atom. The van der Waals surface area contributed by atoms with Gasteiger partial charge in [0, 0.05) is 17.2 Å². The second-order valence-electron chi connectivity index (χ2n) is 4.55. The molecule has 108 valence electrons. The van der Waals surface area contributed by atoms with E-state index in [-0.39, 0.29) is 10.6 Å². The molecule has 2 rings (SSSR count). The van der Waals surface area contributed by atoms with E-state index in [0.717, 1.165) is 12.1 Å². The first-order chi connectivity index (χ1) is 9.33. The lowest BCUT2D eigenvalue weighted by Gasteiger charge is -2.07. The summed E-state index contributed by atoms with van der Waals surface area (Å²) in [7, 11) is -1.69. The number of hydrogen-bond donors (Lipinski definition) is 1. The molecule has 0 saturated carbocycles. The quantitative estimate of drug-likeness (QED) is 0.851. The molecule has 0 spiro atoms. The van der Waals surface area contributed by atoms with E-state index in [1.807, 2.05) is 13.0 Å².